The smallest absolute Gasteiger partial charge is 0.321 e. The molecule has 0 saturated heterocycles. The van der Waals surface area contributed by atoms with Gasteiger partial charge < -0.3 is 5.32 Å². The molecule has 0 saturated carbocycles. The van der Waals surface area contributed by atoms with Crippen LogP contribution in [-0.4, -0.2) is 38.7 Å². The molecule has 0 fully saturated rings. The Labute approximate surface area is 148 Å². The molecule has 0 aliphatic heterocycles. The number of benzene rings is 1. The Bertz CT molecular complexity index is 713. The molecule has 0 radical (unpaired) electrons. The number of halogens is 1. The summed E-state index contributed by atoms with van der Waals surface area (Å²) in [4.78, 5) is 24.9. The molecule has 0 spiro atoms. The first-order chi connectivity index (χ1) is 11.4. The zero-order valence-corrected chi connectivity index (χ0v) is 15.2. The minimum Gasteiger partial charge on any atom is -0.338 e. The summed E-state index contributed by atoms with van der Waals surface area (Å²) in [6.07, 6.45) is 0. The number of nitrogens with zero attached hydrogens (tertiary/aromatic N) is 4. The second-order valence-electron chi connectivity index (χ2n) is 5.71. The molecule has 3 amide bonds. The first-order valence-electron chi connectivity index (χ1n) is 7.51. The molecule has 0 aliphatic rings. The zero-order valence-electron chi connectivity index (χ0n) is 13.7. The van der Waals surface area contributed by atoms with E-state index in [9.17, 15) is 9.59 Å². The van der Waals surface area contributed by atoms with Crippen molar-refractivity contribution in [3.8, 4) is 11.4 Å². The monoisotopic (exact) mass is 394 g/mol. The van der Waals surface area contributed by atoms with Crippen molar-refractivity contribution >= 4 is 27.9 Å². The number of carbonyl (C=O) groups is 2. The van der Waals surface area contributed by atoms with E-state index in [0.29, 0.717) is 18.3 Å². The summed E-state index contributed by atoms with van der Waals surface area (Å²) in [5.74, 6) is 0.205. The molecule has 1 aromatic carbocycles. The van der Waals surface area contributed by atoms with E-state index in [2.05, 4.69) is 42.0 Å². The molecule has 0 aliphatic carbocycles. The Morgan fingerprint density at radius 3 is 2.50 bits per heavy atom. The van der Waals surface area contributed by atoms with E-state index in [1.807, 2.05) is 38.1 Å². The highest BCUT2D eigenvalue weighted by molar-refractivity contribution is 9.10. The summed E-state index contributed by atoms with van der Waals surface area (Å²) in [6.45, 7) is 6.02. The summed E-state index contributed by atoms with van der Waals surface area (Å²) < 4.78 is 0.943. The quantitative estimate of drug-likeness (QED) is 0.808. The van der Waals surface area contributed by atoms with Crippen molar-refractivity contribution in [3.63, 3.8) is 0 Å². The van der Waals surface area contributed by atoms with Crippen molar-refractivity contribution in [2.45, 2.75) is 26.8 Å². The number of hydrogen-bond acceptors (Lipinski definition) is 5. The van der Waals surface area contributed by atoms with Gasteiger partial charge in [0.1, 0.15) is 6.04 Å². The molecule has 128 valence electrons. The van der Waals surface area contributed by atoms with Crippen molar-refractivity contribution < 1.29 is 9.59 Å². The third-order valence-electron chi connectivity index (χ3n) is 3.16. The lowest BCUT2D eigenvalue weighted by Gasteiger charge is -2.11. The van der Waals surface area contributed by atoms with Gasteiger partial charge in [-0.05, 0) is 42.3 Å². The van der Waals surface area contributed by atoms with Gasteiger partial charge in [0.15, 0.2) is 0 Å². The number of tetrazole rings is 1. The molecule has 1 aromatic heterocycles. The minimum absolute atomic E-state index is 0.300. The fourth-order valence-electron chi connectivity index (χ4n) is 1.77. The van der Waals surface area contributed by atoms with Gasteiger partial charge in [0.2, 0.25) is 5.82 Å². The normalized spacial score (nSPS) is 12.0. The first-order valence-corrected chi connectivity index (χ1v) is 8.30. The third-order valence-corrected chi connectivity index (χ3v) is 3.69. The summed E-state index contributed by atoms with van der Waals surface area (Å²) in [5, 5.41) is 16.9. The van der Waals surface area contributed by atoms with E-state index >= 15 is 0 Å². The molecule has 2 aromatic rings. The molecule has 9 heteroatoms. The number of urea groups is 1. The minimum atomic E-state index is -0.758. The molecule has 1 heterocycles. The van der Waals surface area contributed by atoms with Gasteiger partial charge in [-0.1, -0.05) is 29.8 Å². The van der Waals surface area contributed by atoms with Crippen LogP contribution in [0.1, 0.15) is 26.8 Å². The molecule has 2 N–H and O–H groups in total. The topological polar surface area (TPSA) is 102 Å². The SMILES string of the molecule is CC(C)CNC(=O)NC(=O)C(C)n1nnc(-c2ccc(Br)cc2)n1. The van der Waals surface area contributed by atoms with Crippen molar-refractivity contribution in [2.75, 3.05) is 6.54 Å². The average molecular weight is 395 g/mol. The van der Waals surface area contributed by atoms with Gasteiger partial charge in [-0.3, -0.25) is 10.1 Å². The number of amides is 3. The Kier molecular flexibility index (Phi) is 6.02. The number of nitrogens with one attached hydrogen (secondary N) is 2. The predicted octanol–water partition coefficient (Wildman–Crippen LogP) is 2.15. The fourth-order valence-corrected chi connectivity index (χ4v) is 2.03. The Morgan fingerprint density at radius 1 is 1.21 bits per heavy atom. The van der Waals surface area contributed by atoms with Gasteiger partial charge in [-0.15, -0.1) is 10.2 Å². The maximum atomic E-state index is 12.1. The standard InChI is InChI=1S/C15H19BrN6O2/c1-9(2)8-17-15(24)18-14(23)10(3)22-20-13(19-21-22)11-4-6-12(16)7-5-11/h4-7,9-10H,8H2,1-3H3,(H2,17,18,23,24). The summed E-state index contributed by atoms with van der Waals surface area (Å²) >= 11 is 3.36. The molecule has 0 bridgehead atoms. The number of imide groups is 1. The van der Waals surface area contributed by atoms with Gasteiger partial charge in [-0.25, -0.2) is 4.79 Å². The van der Waals surface area contributed by atoms with E-state index in [4.69, 9.17) is 0 Å². The van der Waals surface area contributed by atoms with E-state index in [1.54, 1.807) is 6.92 Å². The van der Waals surface area contributed by atoms with Crippen LogP contribution < -0.4 is 10.6 Å². The highest BCUT2D eigenvalue weighted by Gasteiger charge is 2.20. The lowest BCUT2D eigenvalue weighted by atomic mass is 10.2. The van der Waals surface area contributed by atoms with Gasteiger partial charge in [0.25, 0.3) is 5.91 Å². The molecular formula is C15H19BrN6O2. The average Bonchev–Trinajstić information content (AvgIpc) is 3.02. The highest BCUT2D eigenvalue weighted by atomic mass is 79.9. The van der Waals surface area contributed by atoms with Crippen LogP contribution in [0.2, 0.25) is 0 Å². The van der Waals surface area contributed by atoms with Crippen LogP contribution >= 0.6 is 15.9 Å². The van der Waals surface area contributed by atoms with Crippen LogP contribution in [0.5, 0.6) is 0 Å². The van der Waals surface area contributed by atoms with Crippen LogP contribution in [0.15, 0.2) is 28.7 Å². The van der Waals surface area contributed by atoms with Crippen LogP contribution in [0.4, 0.5) is 4.79 Å². The lowest BCUT2D eigenvalue weighted by Crippen LogP contribution is -2.43. The van der Waals surface area contributed by atoms with Crippen molar-refractivity contribution in [3.05, 3.63) is 28.7 Å². The number of rotatable bonds is 5. The number of carbonyl (C=O) groups excluding carboxylic acids is 2. The third kappa shape index (κ3) is 4.85. The van der Waals surface area contributed by atoms with E-state index in [1.165, 1.54) is 4.80 Å². The lowest BCUT2D eigenvalue weighted by molar-refractivity contribution is -0.123. The summed E-state index contributed by atoms with van der Waals surface area (Å²) in [7, 11) is 0. The van der Waals surface area contributed by atoms with Crippen LogP contribution in [0.25, 0.3) is 11.4 Å². The van der Waals surface area contributed by atoms with E-state index < -0.39 is 18.0 Å². The summed E-state index contributed by atoms with van der Waals surface area (Å²) in [6, 6.07) is 6.13. The number of hydrogen-bond donors (Lipinski definition) is 2. The first kappa shape index (κ1) is 18.1. The largest absolute Gasteiger partial charge is 0.338 e. The summed E-state index contributed by atoms with van der Waals surface area (Å²) in [5.41, 5.74) is 0.784. The van der Waals surface area contributed by atoms with Crippen molar-refractivity contribution in [2.24, 2.45) is 5.92 Å². The van der Waals surface area contributed by atoms with Gasteiger partial charge in [0.05, 0.1) is 0 Å². The second kappa shape index (κ2) is 8.00. The molecule has 1 unspecified atom stereocenters. The molecule has 1 atom stereocenters. The molecule has 8 nitrogen and oxygen atoms in total. The van der Waals surface area contributed by atoms with Crippen LogP contribution in [0, 0.1) is 5.92 Å². The molecule has 24 heavy (non-hydrogen) atoms. The molecular weight excluding hydrogens is 376 g/mol. The zero-order chi connectivity index (χ0) is 17.7. The molecule has 2 rings (SSSR count). The van der Waals surface area contributed by atoms with Gasteiger partial charge >= 0.3 is 6.03 Å². The Morgan fingerprint density at radius 2 is 1.88 bits per heavy atom. The van der Waals surface area contributed by atoms with Crippen LogP contribution in [-0.2, 0) is 4.79 Å². The van der Waals surface area contributed by atoms with Crippen molar-refractivity contribution in [1.82, 2.24) is 30.8 Å². The predicted molar refractivity (Wildman–Crippen MR) is 92.0 cm³/mol. The van der Waals surface area contributed by atoms with E-state index in [-0.39, 0.29) is 0 Å². The maximum Gasteiger partial charge on any atom is 0.321 e. The van der Waals surface area contributed by atoms with Crippen molar-refractivity contribution in [1.29, 1.82) is 0 Å². The van der Waals surface area contributed by atoms with Gasteiger partial charge in [0, 0.05) is 16.6 Å². The Hall–Kier alpha value is -2.29. The second-order valence-corrected chi connectivity index (χ2v) is 6.63. The fraction of sp³-hybridized carbons (Fsp3) is 0.400. The number of aromatic nitrogens is 4. The van der Waals surface area contributed by atoms with Gasteiger partial charge in [-0.2, -0.15) is 4.80 Å². The van der Waals surface area contributed by atoms with E-state index in [0.717, 1.165) is 10.0 Å². The van der Waals surface area contributed by atoms with Crippen LogP contribution in [0.3, 0.4) is 0 Å². The Balaban J connectivity index is 1.99. The maximum absolute atomic E-state index is 12.1. The highest BCUT2D eigenvalue weighted by Crippen LogP contribution is 2.18.